The topological polar surface area (TPSA) is 82.3 Å². The lowest BCUT2D eigenvalue weighted by atomic mass is 10.1. The first-order chi connectivity index (χ1) is 9.02. The number of nitrogens with two attached hydrogens (primary N) is 1. The van der Waals surface area contributed by atoms with Crippen LogP contribution in [0.4, 0.5) is 5.13 Å². The molecule has 0 bridgehead atoms. The van der Waals surface area contributed by atoms with Gasteiger partial charge in [-0.1, -0.05) is 22.9 Å². The summed E-state index contributed by atoms with van der Waals surface area (Å²) < 4.78 is 4.57. The summed E-state index contributed by atoms with van der Waals surface area (Å²) in [6.07, 6.45) is 0. The maximum Gasteiger partial charge on any atom is 0.358 e. The van der Waals surface area contributed by atoms with Gasteiger partial charge in [0.05, 0.1) is 7.11 Å². The van der Waals surface area contributed by atoms with Crippen LogP contribution in [0.15, 0.2) is 24.3 Å². The number of hydrogen-bond donors (Lipinski definition) is 1. The second-order valence-corrected chi connectivity index (χ2v) is 5.02. The van der Waals surface area contributed by atoms with Gasteiger partial charge in [0.2, 0.25) is 5.78 Å². The number of carbonyl (C=O) groups excluding carboxylic acids is 2. The average Bonchev–Trinajstić information content (AvgIpc) is 2.80. The lowest BCUT2D eigenvalue weighted by molar-refractivity contribution is 0.0592. The second-order valence-electron chi connectivity index (χ2n) is 3.56. The largest absolute Gasteiger partial charge is 0.464 e. The van der Waals surface area contributed by atoms with Crippen LogP contribution in [-0.4, -0.2) is 23.8 Å². The maximum absolute atomic E-state index is 12.3. The third-order valence-corrected chi connectivity index (χ3v) is 3.47. The molecule has 1 aromatic heterocycles. The molecule has 7 heteroatoms. The molecule has 1 aromatic carbocycles. The number of ether oxygens (including phenoxy) is 1. The normalized spacial score (nSPS) is 10.2. The Balaban J connectivity index is 2.44. The molecule has 1 heterocycles. The first kappa shape index (κ1) is 13.5. The standard InChI is InChI=1S/C12H9ClN2O3S/c1-18-11(17)8-10(19-12(14)15-8)9(16)6-2-4-7(13)5-3-6/h2-5H,1H3,(H2,14,15). The lowest BCUT2D eigenvalue weighted by Gasteiger charge is -2.00. The summed E-state index contributed by atoms with van der Waals surface area (Å²) in [6.45, 7) is 0. The minimum atomic E-state index is -0.690. The molecule has 0 amide bonds. The Morgan fingerprint density at radius 3 is 2.53 bits per heavy atom. The minimum absolute atomic E-state index is 0.0649. The van der Waals surface area contributed by atoms with E-state index < -0.39 is 5.97 Å². The smallest absolute Gasteiger partial charge is 0.358 e. The number of methoxy groups -OCH3 is 1. The van der Waals surface area contributed by atoms with Gasteiger partial charge in [0.25, 0.3) is 0 Å². The van der Waals surface area contributed by atoms with E-state index in [4.69, 9.17) is 17.3 Å². The van der Waals surface area contributed by atoms with E-state index >= 15 is 0 Å². The highest BCUT2D eigenvalue weighted by atomic mass is 35.5. The number of nitrogen functional groups attached to an aromatic ring is 1. The molecule has 0 aliphatic rings. The summed E-state index contributed by atoms with van der Waals surface area (Å²) in [5.74, 6) is -1.03. The fraction of sp³-hybridized carbons (Fsp3) is 0.0833. The summed E-state index contributed by atoms with van der Waals surface area (Å²) in [6, 6.07) is 6.33. The highest BCUT2D eigenvalue weighted by Crippen LogP contribution is 2.24. The summed E-state index contributed by atoms with van der Waals surface area (Å²) >= 11 is 6.70. The van der Waals surface area contributed by atoms with Crippen molar-refractivity contribution in [1.82, 2.24) is 4.98 Å². The number of aromatic nitrogens is 1. The molecule has 0 radical (unpaired) electrons. The second kappa shape index (κ2) is 5.38. The van der Waals surface area contributed by atoms with Gasteiger partial charge in [-0.2, -0.15) is 0 Å². The lowest BCUT2D eigenvalue weighted by Crippen LogP contribution is -2.09. The molecule has 2 aromatic rings. The monoisotopic (exact) mass is 296 g/mol. The van der Waals surface area contributed by atoms with Crippen LogP contribution in [0.2, 0.25) is 5.02 Å². The van der Waals surface area contributed by atoms with Gasteiger partial charge in [0.1, 0.15) is 4.88 Å². The summed E-state index contributed by atoms with van der Waals surface area (Å²) in [5.41, 5.74) is 5.87. The Bertz CT molecular complexity index is 637. The number of ketones is 1. The van der Waals surface area contributed by atoms with Crippen molar-refractivity contribution in [3.8, 4) is 0 Å². The first-order valence-corrected chi connectivity index (χ1v) is 6.37. The van der Waals surface area contributed by atoms with Crippen molar-refractivity contribution >= 4 is 39.8 Å². The molecular formula is C12H9ClN2O3S. The van der Waals surface area contributed by atoms with Gasteiger partial charge >= 0.3 is 5.97 Å². The van der Waals surface area contributed by atoms with Crippen molar-refractivity contribution in [2.75, 3.05) is 12.8 Å². The van der Waals surface area contributed by atoms with E-state index in [0.717, 1.165) is 11.3 Å². The van der Waals surface area contributed by atoms with E-state index in [0.29, 0.717) is 10.6 Å². The van der Waals surface area contributed by atoms with Crippen LogP contribution in [-0.2, 0) is 4.74 Å². The quantitative estimate of drug-likeness (QED) is 0.694. The third-order valence-electron chi connectivity index (χ3n) is 2.34. The SMILES string of the molecule is COC(=O)c1nc(N)sc1C(=O)c1ccc(Cl)cc1. The van der Waals surface area contributed by atoms with E-state index in [1.54, 1.807) is 24.3 Å². The van der Waals surface area contributed by atoms with Gasteiger partial charge in [-0.3, -0.25) is 4.79 Å². The van der Waals surface area contributed by atoms with Crippen LogP contribution in [0.5, 0.6) is 0 Å². The van der Waals surface area contributed by atoms with E-state index in [2.05, 4.69) is 9.72 Å². The molecule has 98 valence electrons. The van der Waals surface area contributed by atoms with Crippen LogP contribution in [0.1, 0.15) is 25.7 Å². The van der Waals surface area contributed by atoms with Crippen molar-refractivity contribution < 1.29 is 14.3 Å². The van der Waals surface area contributed by atoms with E-state index in [1.807, 2.05) is 0 Å². The van der Waals surface area contributed by atoms with Gasteiger partial charge in [0.15, 0.2) is 10.8 Å². The fourth-order valence-corrected chi connectivity index (χ4v) is 2.37. The van der Waals surface area contributed by atoms with Crippen molar-refractivity contribution in [1.29, 1.82) is 0 Å². The third kappa shape index (κ3) is 2.74. The maximum atomic E-state index is 12.3. The minimum Gasteiger partial charge on any atom is -0.464 e. The van der Waals surface area contributed by atoms with Crippen LogP contribution >= 0.6 is 22.9 Å². The van der Waals surface area contributed by atoms with Gasteiger partial charge < -0.3 is 10.5 Å². The molecule has 0 spiro atoms. The zero-order valence-electron chi connectivity index (χ0n) is 9.84. The summed E-state index contributed by atoms with van der Waals surface area (Å²) in [5, 5.41) is 0.659. The number of benzene rings is 1. The average molecular weight is 297 g/mol. The van der Waals surface area contributed by atoms with Gasteiger partial charge in [0, 0.05) is 10.6 Å². The first-order valence-electron chi connectivity index (χ1n) is 5.18. The molecule has 0 aliphatic heterocycles. The van der Waals surface area contributed by atoms with Crippen molar-refractivity contribution in [2.24, 2.45) is 0 Å². The highest BCUT2D eigenvalue weighted by Gasteiger charge is 2.24. The van der Waals surface area contributed by atoms with E-state index in [-0.39, 0.29) is 21.5 Å². The predicted molar refractivity (Wildman–Crippen MR) is 72.8 cm³/mol. The number of esters is 1. The van der Waals surface area contributed by atoms with Crippen LogP contribution in [0.3, 0.4) is 0 Å². The highest BCUT2D eigenvalue weighted by molar-refractivity contribution is 7.17. The number of carbonyl (C=O) groups is 2. The van der Waals surface area contributed by atoms with Gasteiger partial charge in [-0.15, -0.1) is 0 Å². The Labute approximate surface area is 118 Å². The number of anilines is 1. The zero-order chi connectivity index (χ0) is 14.0. The Morgan fingerprint density at radius 1 is 1.32 bits per heavy atom. The number of nitrogens with zero attached hydrogens (tertiary/aromatic N) is 1. The molecule has 0 fully saturated rings. The van der Waals surface area contributed by atoms with Gasteiger partial charge in [-0.25, -0.2) is 9.78 Å². The van der Waals surface area contributed by atoms with E-state index in [1.165, 1.54) is 7.11 Å². The number of thiazole rings is 1. The molecule has 2 rings (SSSR count). The number of hydrogen-bond acceptors (Lipinski definition) is 6. The molecule has 19 heavy (non-hydrogen) atoms. The summed E-state index contributed by atoms with van der Waals surface area (Å²) in [7, 11) is 1.22. The van der Waals surface area contributed by atoms with Crippen LogP contribution in [0.25, 0.3) is 0 Å². The van der Waals surface area contributed by atoms with Crippen molar-refractivity contribution in [3.63, 3.8) is 0 Å². The van der Waals surface area contributed by atoms with Crippen molar-refractivity contribution in [3.05, 3.63) is 45.4 Å². The Morgan fingerprint density at radius 2 is 1.95 bits per heavy atom. The molecular weight excluding hydrogens is 288 g/mol. The molecule has 0 atom stereocenters. The molecule has 0 unspecified atom stereocenters. The number of halogens is 1. The molecule has 0 aliphatic carbocycles. The van der Waals surface area contributed by atoms with Gasteiger partial charge in [-0.05, 0) is 24.3 Å². The summed E-state index contributed by atoms with van der Waals surface area (Å²) in [4.78, 5) is 27.8. The van der Waals surface area contributed by atoms with Crippen molar-refractivity contribution in [2.45, 2.75) is 0 Å². The molecule has 0 saturated heterocycles. The molecule has 0 saturated carbocycles. The number of rotatable bonds is 3. The molecule has 2 N–H and O–H groups in total. The zero-order valence-corrected chi connectivity index (χ0v) is 11.4. The van der Waals surface area contributed by atoms with Crippen LogP contribution < -0.4 is 5.73 Å². The Hall–Kier alpha value is -1.92. The van der Waals surface area contributed by atoms with E-state index in [9.17, 15) is 9.59 Å². The fourth-order valence-electron chi connectivity index (χ4n) is 1.46. The molecule has 5 nitrogen and oxygen atoms in total. The predicted octanol–water partition coefficient (Wildman–Crippen LogP) is 2.40. The van der Waals surface area contributed by atoms with Crippen LogP contribution in [0, 0.1) is 0 Å². The Kier molecular flexibility index (Phi) is 3.82.